The van der Waals surface area contributed by atoms with E-state index < -0.39 is 11.9 Å². The predicted molar refractivity (Wildman–Crippen MR) is 103 cm³/mol. The van der Waals surface area contributed by atoms with Crippen LogP contribution in [0.4, 0.5) is 0 Å². The van der Waals surface area contributed by atoms with E-state index in [1.54, 1.807) is 4.68 Å². The number of rotatable bonds is 6. The van der Waals surface area contributed by atoms with Gasteiger partial charge in [-0.2, -0.15) is 5.10 Å². The third-order valence-electron chi connectivity index (χ3n) is 3.75. The van der Waals surface area contributed by atoms with Gasteiger partial charge >= 0.3 is 0 Å². The summed E-state index contributed by atoms with van der Waals surface area (Å²) in [4.78, 5) is 22.2. The lowest BCUT2D eigenvalue weighted by Gasteiger charge is -2.04. The Kier molecular flexibility index (Phi) is 5.83. The van der Waals surface area contributed by atoms with Gasteiger partial charge < -0.3 is 15.2 Å². The van der Waals surface area contributed by atoms with Gasteiger partial charge in [0.2, 0.25) is 5.91 Å². The molecule has 136 valence electrons. The van der Waals surface area contributed by atoms with Crippen LogP contribution in [0.25, 0.3) is 16.9 Å². The van der Waals surface area contributed by atoms with Crippen molar-refractivity contribution in [2.24, 2.45) is 0 Å². The summed E-state index contributed by atoms with van der Waals surface area (Å²) in [6.07, 6.45) is 3.46. The number of hydrogen-bond donors (Lipinski definition) is 1. The number of carbonyl (C=O) groups excluding carboxylic acids is 2. The minimum Gasteiger partial charge on any atom is -0.545 e. The van der Waals surface area contributed by atoms with Crippen molar-refractivity contribution in [2.45, 2.75) is 6.54 Å². The van der Waals surface area contributed by atoms with Crippen molar-refractivity contribution < 1.29 is 14.7 Å². The smallest absolute Gasteiger partial charge is 0.244 e. The normalized spacial score (nSPS) is 10.9. The maximum Gasteiger partial charge on any atom is 0.244 e. The topological polar surface area (TPSA) is 87.0 Å². The molecule has 0 atom stereocenters. The summed E-state index contributed by atoms with van der Waals surface area (Å²) < 4.78 is 2.70. The molecule has 1 amide bonds. The Balaban J connectivity index is 1.90. The maximum atomic E-state index is 11.8. The highest BCUT2D eigenvalue weighted by atomic mass is 79.9. The van der Waals surface area contributed by atoms with E-state index in [9.17, 15) is 14.7 Å². The Labute approximate surface area is 164 Å². The average molecular weight is 425 g/mol. The molecule has 1 N–H and O–H groups in total. The number of amides is 1. The molecule has 1 heterocycles. The van der Waals surface area contributed by atoms with Crippen LogP contribution in [-0.2, 0) is 16.1 Å². The van der Waals surface area contributed by atoms with Crippen LogP contribution < -0.4 is 10.4 Å². The summed E-state index contributed by atoms with van der Waals surface area (Å²) in [6, 6.07) is 17.3. The standard InChI is InChI=1S/C20H16BrN3O3/c21-16-8-6-14(7-9-16)20-15(12-22-18(25)10-11-19(26)27)13-24(23-20)17-4-2-1-3-5-17/h1-11,13H,12H2,(H,22,25)(H,26,27)/p-1/b11-10+. The number of aromatic nitrogens is 2. The molecule has 0 aliphatic carbocycles. The molecular formula is C20H15BrN3O3-. The molecule has 27 heavy (non-hydrogen) atoms. The van der Waals surface area contributed by atoms with Gasteiger partial charge in [-0.3, -0.25) is 4.79 Å². The summed E-state index contributed by atoms with van der Waals surface area (Å²) in [6.45, 7) is 0.203. The Hall–Kier alpha value is -3.19. The van der Waals surface area contributed by atoms with Crippen LogP contribution in [0, 0.1) is 0 Å². The van der Waals surface area contributed by atoms with Gasteiger partial charge in [-0.25, -0.2) is 4.68 Å². The Morgan fingerprint density at radius 3 is 2.44 bits per heavy atom. The summed E-state index contributed by atoms with van der Waals surface area (Å²) in [5, 5.41) is 17.7. The first-order valence-electron chi connectivity index (χ1n) is 8.10. The van der Waals surface area contributed by atoms with Crippen LogP contribution in [-0.4, -0.2) is 21.7 Å². The van der Waals surface area contributed by atoms with Crippen molar-refractivity contribution in [3.8, 4) is 16.9 Å². The van der Waals surface area contributed by atoms with E-state index in [2.05, 4.69) is 26.3 Å². The second-order valence-corrected chi connectivity index (χ2v) is 6.58. The van der Waals surface area contributed by atoms with Crippen LogP contribution in [0.15, 0.2) is 77.4 Å². The average Bonchev–Trinajstić information content (AvgIpc) is 3.10. The molecule has 0 aliphatic heterocycles. The summed E-state index contributed by atoms with van der Waals surface area (Å²) in [5.41, 5.74) is 3.33. The number of halogens is 1. The lowest BCUT2D eigenvalue weighted by Crippen LogP contribution is -2.23. The van der Waals surface area contributed by atoms with Crippen LogP contribution in [0.1, 0.15) is 5.56 Å². The molecule has 0 unspecified atom stereocenters. The van der Waals surface area contributed by atoms with E-state index in [-0.39, 0.29) is 6.54 Å². The van der Waals surface area contributed by atoms with E-state index >= 15 is 0 Å². The van der Waals surface area contributed by atoms with Crippen LogP contribution >= 0.6 is 15.9 Å². The van der Waals surface area contributed by atoms with Crippen molar-refractivity contribution in [3.05, 3.63) is 83.0 Å². The highest BCUT2D eigenvalue weighted by molar-refractivity contribution is 9.10. The fraction of sp³-hybridized carbons (Fsp3) is 0.0500. The highest BCUT2D eigenvalue weighted by Crippen LogP contribution is 2.25. The quantitative estimate of drug-likeness (QED) is 0.614. The van der Waals surface area contributed by atoms with Gasteiger partial charge in [-0.15, -0.1) is 0 Å². The third kappa shape index (κ3) is 4.92. The first-order valence-corrected chi connectivity index (χ1v) is 8.89. The van der Waals surface area contributed by atoms with Crippen molar-refractivity contribution in [2.75, 3.05) is 0 Å². The second-order valence-electron chi connectivity index (χ2n) is 5.66. The van der Waals surface area contributed by atoms with E-state index in [4.69, 9.17) is 0 Å². The van der Waals surface area contributed by atoms with E-state index in [0.29, 0.717) is 6.08 Å². The van der Waals surface area contributed by atoms with E-state index in [0.717, 1.165) is 33.1 Å². The Bertz CT molecular complexity index is 979. The maximum absolute atomic E-state index is 11.8. The zero-order chi connectivity index (χ0) is 19.2. The molecule has 7 heteroatoms. The summed E-state index contributed by atoms with van der Waals surface area (Å²) in [5.74, 6) is -1.94. The number of carboxylic acid groups (broad SMARTS) is 1. The largest absolute Gasteiger partial charge is 0.545 e. The summed E-state index contributed by atoms with van der Waals surface area (Å²) in [7, 11) is 0. The second kappa shape index (κ2) is 8.46. The fourth-order valence-electron chi connectivity index (χ4n) is 2.49. The molecule has 3 rings (SSSR count). The fourth-order valence-corrected chi connectivity index (χ4v) is 2.75. The molecule has 2 aromatic carbocycles. The number of benzene rings is 2. The number of hydrogen-bond acceptors (Lipinski definition) is 4. The molecule has 0 spiro atoms. The highest BCUT2D eigenvalue weighted by Gasteiger charge is 2.13. The zero-order valence-electron chi connectivity index (χ0n) is 14.1. The van der Waals surface area contributed by atoms with Gasteiger partial charge in [0.05, 0.1) is 17.4 Å². The molecule has 0 aliphatic rings. The van der Waals surface area contributed by atoms with Crippen LogP contribution in [0.3, 0.4) is 0 Å². The van der Waals surface area contributed by atoms with Gasteiger partial charge in [-0.05, 0) is 30.3 Å². The SMILES string of the molecule is O=C([O-])/C=C/C(=O)NCc1cn(-c2ccccc2)nc1-c1ccc(Br)cc1. The number of nitrogens with zero attached hydrogens (tertiary/aromatic N) is 2. The monoisotopic (exact) mass is 424 g/mol. The molecule has 0 saturated carbocycles. The molecule has 0 fully saturated rings. The molecule has 0 radical (unpaired) electrons. The number of nitrogens with one attached hydrogen (secondary N) is 1. The van der Waals surface area contributed by atoms with Gasteiger partial charge in [0.1, 0.15) is 0 Å². The van der Waals surface area contributed by atoms with Gasteiger partial charge in [0.15, 0.2) is 0 Å². The minimum absolute atomic E-state index is 0.203. The number of aliphatic carboxylic acids is 1. The van der Waals surface area contributed by atoms with Crippen LogP contribution in [0.2, 0.25) is 0 Å². The van der Waals surface area contributed by atoms with Gasteiger partial charge in [-0.1, -0.05) is 46.3 Å². The Morgan fingerprint density at radius 2 is 1.78 bits per heavy atom. The van der Waals surface area contributed by atoms with Crippen molar-refractivity contribution in [3.63, 3.8) is 0 Å². The zero-order valence-corrected chi connectivity index (χ0v) is 15.7. The molecule has 6 nitrogen and oxygen atoms in total. The first kappa shape index (κ1) is 18.6. The van der Waals surface area contributed by atoms with Crippen molar-refractivity contribution in [1.82, 2.24) is 15.1 Å². The minimum atomic E-state index is -1.42. The number of carbonyl (C=O) groups is 2. The molecule has 0 bridgehead atoms. The molecule has 0 saturated heterocycles. The van der Waals surface area contributed by atoms with E-state index in [1.807, 2.05) is 60.8 Å². The lowest BCUT2D eigenvalue weighted by molar-refractivity contribution is -0.297. The van der Waals surface area contributed by atoms with Crippen molar-refractivity contribution in [1.29, 1.82) is 0 Å². The molecular weight excluding hydrogens is 410 g/mol. The Morgan fingerprint density at radius 1 is 1.07 bits per heavy atom. The first-order chi connectivity index (χ1) is 13.0. The lowest BCUT2D eigenvalue weighted by atomic mass is 10.1. The predicted octanol–water partition coefficient (Wildman–Crippen LogP) is 2.22. The van der Waals surface area contributed by atoms with Crippen LogP contribution in [0.5, 0.6) is 0 Å². The molecule has 1 aromatic heterocycles. The number of carboxylic acids is 1. The van der Waals surface area contributed by atoms with Gasteiger partial charge in [0, 0.05) is 34.4 Å². The summed E-state index contributed by atoms with van der Waals surface area (Å²) >= 11 is 3.41. The third-order valence-corrected chi connectivity index (χ3v) is 4.28. The number of para-hydroxylation sites is 1. The van der Waals surface area contributed by atoms with Crippen molar-refractivity contribution >= 4 is 27.8 Å². The van der Waals surface area contributed by atoms with Gasteiger partial charge in [0.25, 0.3) is 0 Å². The van der Waals surface area contributed by atoms with E-state index in [1.165, 1.54) is 0 Å². The molecule has 3 aromatic rings.